The van der Waals surface area contributed by atoms with Crippen LogP contribution < -0.4 is 0 Å². The maximum Gasteiger partial charge on any atom is 0.233 e. The van der Waals surface area contributed by atoms with Gasteiger partial charge in [-0.1, -0.05) is 43.2 Å². The third-order valence-electron chi connectivity index (χ3n) is 5.09. The van der Waals surface area contributed by atoms with E-state index in [4.69, 9.17) is 0 Å². The maximum absolute atomic E-state index is 12.5. The summed E-state index contributed by atoms with van der Waals surface area (Å²) in [5.74, 6) is 0.505. The van der Waals surface area contributed by atoms with Crippen molar-refractivity contribution in [1.82, 2.24) is 25.1 Å². The molecule has 1 saturated carbocycles. The molecule has 25 heavy (non-hydrogen) atoms. The molecule has 0 saturated heterocycles. The van der Waals surface area contributed by atoms with Crippen LogP contribution in [-0.2, 0) is 4.79 Å². The highest BCUT2D eigenvalue weighted by Crippen LogP contribution is 2.25. The summed E-state index contributed by atoms with van der Waals surface area (Å²) < 4.78 is 1.72. The van der Waals surface area contributed by atoms with Crippen molar-refractivity contribution in [2.75, 3.05) is 12.8 Å². The minimum Gasteiger partial charge on any atom is -0.342 e. The van der Waals surface area contributed by atoms with Crippen LogP contribution in [-0.4, -0.2) is 49.9 Å². The molecular formula is C18H25N5OS. The summed E-state index contributed by atoms with van der Waals surface area (Å²) in [7, 11) is 1.92. The average molecular weight is 359 g/mol. The van der Waals surface area contributed by atoms with Gasteiger partial charge in [0.15, 0.2) is 0 Å². The number of aromatic nitrogens is 4. The van der Waals surface area contributed by atoms with Crippen LogP contribution in [0, 0.1) is 13.8 Å². The number of hydrogen-bond donors (Lipinski definition) is 0. The van der Waals surface area contributed by atoms with Crippen molar-refractivity contribution in [3.8, 4) is 5.69 Å². The van der Waals surface area contributed by atoms with E-state index >= 15 is 0 Å². The summed E-state index contributed by atoms with van der Waals surface area (Å²) >= 11 is 1.40. The van der Waals surface area contributed by atoms with Crippen LogP contribution in [0.25, 0.3) is 5.69 Å². The van der Waals surface area contributed by atoms with Gasteiger partial charge in [-0.25, -0.2) is 0 Å². The third kappa shape index (κ3) is 4.03. The van der Waals surface area contributed by atoms with Gasteiger partial charge in [0.25, 0.3) is 0 Å². The van der Waals surface area contributed by atoms with Crippen LogP contribution in [0.1, 0.15) is 43.2 Å². The molecule has 1 aromatic carbocycles. The molecule has 1 heterocycles. The average Bonchev–Trinajstić information content (AvgIpc) is 3.10. The zero-order valence-corrected chi connectivity index (χ0v) is 15.9. The van der Waals surface area contributed by atoms with Crippen molar-refractivity contribution in [2.45, 2.75) is 57.1 Å². The zero-order valence-electron chi connectivity index (χ0n) is 15.1. The number of carbonyl (C=O) groups excluding carboxylic acids is 1. The molecule has 0 spiro atoms. The molecule has 1 amide bonds. The van der Waals surface area contributed by atoms with Crippen molar-refractivity contribution in [3.63, 3.8) is 0 Å². The fourth-order valence-corrected chi connectivity index (χ4v) is 4.09. The third-order valence-corrected chi connectivity index (χ3v) is 5.99. The molecule has 134 valence electrons. The Morgan fingerprint density at radius 1 is 1.28 bits per heavy atom. The number of carbonyl (C=O) groups is 1. The lowest BCUT2D eigenvalue weighted by molar-refractivity contribution is -0.129. The molecule has 0 aliphatic heterocycles. The highest BCUT2D eigenvalue weighted by Gasteiger charge is 2.23. The van der Waals surface area contributed by atoms with Crippen LogP contribution in [0.3, 0.4) is 0 Å². The second-order valence-electron chi connectivity index (χ2n) is 6.68. The quantitative estimate of drug-likeness (QED) is 0.767. The number of tetrazole rings is 1. The summed E-state index contributed by atoms with van der Waals surface area (Å²) in [6.07, 6.45) is 5.97. The van der Waals surface area contributed by atoms with Crippen molar-refractivity contribution in [3.05, 3.63) is 29.3 Å². The van der Waals surface area contributed by atoms with Crippen molar-refractivity contribution < 1.29 is 4.79 Å². The number of thioether (sulfide) groups is 1. The second-order valence-corrected chi connectivity index (χ2v) is 7.62. The predicted octanol–water partition coefficient (Wildman–Crippen LogP) is 3.16. The highest BCUT2D eigenvalue weighted by atomic mass is 32.2. The van der Waals surface area contributed by atoms with E-state index in [0.717, 1.165) is 24.1 Å². The van der Waals surface area contributed by atoms with Crippen LogP contribution in [0.15, 0.2) is 23.4 Å². The first-order chi connectivity index (χ1) is 12.1. The van der Waals surface area contributed by atoms with E-state index < -0.39 is 0 Å². The first-order valence-electron chi connectivity index (χ1n) is 8.81. The van der Waals surface area contributed by atoms with E-state index in [1.54, 1.807) is 4.68 Å². The Balaban J connectivity index is 1.67. The second kappa shape index (κ2) is 7.99. The monoisotopic (exact) mass is 359 g/mol. The molecule has 1 fully saturated rings. The Hall–Kier alpha value is -1.89. The largest absolute Gasteiger partial charge is 0.342 e. The first-order valence-corrected chi connectivity index (χ1v) is 9.80. The van der Waals surface area contributed by atoms with Gasteiger partial charge >= 0.3 is 0 Å². The number of nitrogens with zero attached hydrogens (tertiary/aromatic N) is 5. The Bertz CT molecular complexity index is 739. The maximum atomic E-state index is 12.5. The van der Waals surface area contributed by atoms with Crippen molar-refractivity contribution >= 4 is 17.7 Å². The SMILES string of the molecule is Cc1cccc(-n2nnnc2SCC(=O)N(C)C2CCCCC2)c1C. The standard InChI is InChI=1S/C18H25N5OS/c1-13-8-7-11-16(14(13)2)23-18(19-20-21-23)25-12-17(24)22(3)15-9-5-4-6-10-15/h7-8,11,15H,4-6,9-10,12H2,1-3H3. The van der Waals surface area contributed by atoms with E-state index in [9.17, 15) is 4.79 Å². The van der Waals surface area contributed by atoms with Crippen LogP contribution in [0.5, 0.6) is 0 Å². The molecule has 0 bridgehead atoms. The summed E-state index contributed by atoms with van der Waals surface area (Å²) in [4.78, 5) is 14.4. The number of aryl methyl sites for hydroxylation is 1. The lowest BCUT2D eigenvalue weighted by Gasteiger charge is -2.31. The summed E-state index contributed by atoms with van der Waals surface area (Å²) in [5.41, 5.74) is 3.29. The number of rotatable bonds is 5. The van der Waals surface area contributed by atoms with Gasteiger partial charge in [0.2, 0.25) is 11.1 Å². The van der Waals surface area contributed by atoms with Gasteiger partial charge in [0, 0.05) is 13.1 Å². The Morgan fingerprint density at radius 2 is 2.04 bits per heavy atom. The molecule has 6 nitrogen and oxygen atoms in total. The van der Waals surface area contributed by atoms with Crippen molar-refractivity contribution in [2.24, 2.45) is 0 Å². The van der Waals surface area contributed by atoms with Gasteiger partial charge in [-0.2, -0.15) is 4.68 Å². The van der Waals surface area contributed by atoms with E-state index in [2.05, 4.69) is 35.4 Å². The van der Waals surface area contributed by atoms with Gasteiger partial charge in [-0.05, 0) is 54.3 Å². The highest BCUT2D eigenvalue weighted by molar-refractivity contribution is 7.99. The molecule has 0 N–H and O–H groups in total. The van der Waals surface area contributed by atoms with Gasteiger partial charge in [-0.3, -0.25) is 4.79 Å². The molecule has 0 radical (unpaired) electrons. The molecule has 3 rings (SSSR count). The summed E-state index contributed by atoms with van der Waals surface area (Å²) in [5, 5.41) is 12.7. The predicted molar refractivity (Wildman–Crippen MR) is 99.0 cm³/mol. The number of hydrogen-bond acceptors (Lipinski definition) is 5. The molecule has 0 atom stereocenters. The molecule has 1 aliphatic carbocycles. The van der Waals surface area contributed by atoms with E-state index in [0.29, 0.717) is 17.0 Å². The lowest BCUT2D eigenvalue weighted by Crippen LogP contribution is -2.39. The molecule has 0 unspecified atom stereocenters. The summed E-state index contributed by atoms with van der Waals surface area (Å²) in [6.45, 7) is 4.13. The van der Waals surface area contributed by atoms with Crippen LogP contribution in [0.4, 0.5) is 0 Å². The van der Waals surface area contributed by atoms with E-state index in [1.165, 1.54) is 36.6 Å². The first kappa shape index (κ1) is 17.9. The fraction of sp³-hybridized carbons (Fsp3) is 0.556. The Labute approximate surface area is 153 Å². The minimum atomic E-state index is 0.146. The Morgan fingerprint density at radius 3 is 2.80 bits per heavy atom. The van der Waals surface area contributed by atoms with Crippen molar-refractivity contribution in [1.29, 1.82) is 0 Å². The lowest BCUT2D eigenvalue weighted by atomic mass is 9.94. The van der Waals surface area contributed by atoms with Gasteiger partial charge < -0.3 is 4.90 Å². The molecule has 2 aromatic rings. The fourth-order valence-electron chi connectivity index (χ4n) is 3.29. The van der Waals surface area contributed by atoms with E-state index in [1.807, 2.05) is 24.1 Å². The van der Waals surface area contributed by atoms with Gasteiger partial charge in [0.1, 0.15) is 0 Å². The molecule has 1 aliphatic rings. The molecule has 1 aromatic heterocycles. The van der Waals surface area contributed by atoms with E-state index in [-0.39, 0.29) is 5.91 Å². The van der Waals surface area contributed by atoms with Crippen LogP contribution in [0.2, 0.25) is 0 Å². The number of benzene rings is 1. The number of amides is 1. The Kier molecular flexibility index (Phi) is 5.73. The van der Waals surface area contributed by atoms with Gasteiger partial charge in [-0.15, -0.1) is 5.10 Å². The topological polar surface area (TPSA) is 63.9 Å². The smallest absolute Gasteiger partial charge is 0.233 e. The minimum absolute atomic E-state index is 0.146. The van der Waals surface area contributed by atoms with Crippen LogP contribution >= 0.6 is 11.8 Å². The molecule has 7 heteroatoms. The van der Waals surface area contributed by atoms with Gasteiger partial charge in [0.05, 0.1) is 11.4 Å². The normalized spacial score (nSPS) is 15.3. The molecular weight excluding hydrogens is 334 g/mol. The summed E-state index contributed by atoms with van der Waals surface area (Å²) in [6, 6.07) is 6.45. The zero-order chi connectivity index (χ0) is 17.8.